The molecular weight excluding hydrogens is 253 g/mol. The SMILES string of the molecule is CC1CCCN(C(=O)CI)C1. The van der Waals surface area contributed by atoms with Crippen LogP contribution in [0.4, 0.5) is 0 Å². The molecule has 64 valence electrons. The first-order chi connectivity index (χ1) is 5.24. The maximum atomic E-state index is 11.2. The molecule has 1 rings (SSSR count). The van der Waals surface area contributed by atoms with Crippen molar-refractivity contribution in [2.45, 2.75) is 19.8 Å². The molecule has 1 heterocycles. The van der Waals surface area contributed by atoms with E-state index in [0.29, 0.717) is 16.3 Å². The third kappa shape index (κ3) is 2.61. The van der Waals surface area contributed by atoms with Crippen LogP contribution >= 0.6 is 22.6 Å². The predicted molar refractivity (Wildman–Crippen MR) is 53.9 cm³/mol. The van der Waals surface area contributed by atoms with Crippen molar-refractivity contribution >= 4 is 28.5 Å². The lowest BCUT2D eigenvalue weighted by Gasteiger charge is -2.30. The van der Waals surface area contributed by atoms with Gasteiger partial charge < -0.3 is 4.90 Å². The minimum absolute atomic E-state index is 0.303. The van der Waals surface area contributed by atoms with E-state index >= 15 is 0 Å². The van der Waals surface area contributed by atoms with E-state index < -0.39 is 0 Å². The molecule has 11 heavy (non-hydrogen) atoms. The number of alkyl halides is 1. The van der Waals surface area contributed by atoms with Gasteiger partial charge in [0.15, 0.2) is 0 Å². The molecule has 3 heteroatoms. The topological polar surface area (TPSA) is 20.3 Å². The first-order valence-corrected chi connectivity index (χ1v) is 5.60. The Bertz CT molecular complexity index is 149. The zero-order valence-corrected chi connectivity index (χ0v) is 9.00. The van der Waals surface area contributed by atoms with Crippen molar-refractivity contribution in [2.24, 2.45) is 5.92 Å². The Labute approximate surface area is 81.5 Å². The number of halogens is 1. The molecule has 0 radical (unpaired) electrons. The highest BCUT2D eigenvalue weighted by molar-refractivity contribution is 14.1. The smallest absolute Gasteiger partial charge is 0.232 e. The van der Waals surface area contributed by atoms with Crippen molar-refractivity contribution in [3.63, 3.8) is 0 Å². The fourth-order valence-corrected chi connectivity index (χ4v) is 1.98. The van der Waals surface area contributed by atoms with E-state index in [4.69, 9.17) is 0 Å². The highest BCUT2D eigenvalue weighted by Gasteiger charge is 2.19. The van der Waals surface area contributed by atoms with Crippen molar-refractivity contribution in [2.75, 3.05) is 17.5 Å². The van der Waals surface area contributed by atoms with Crippen LogP contribution < -0.4 is 0 Å². The lowest BCUT2D eigenvalue weighted by Crippen LogP contribution is -2.39. The van der Waals surface area contributed by atoms with Gasteiger partial charge in [0.2, 0.25) is 5.91 Å². The highest BCUT2D eigenvalue weighted by Crippen LogP contribution is 2.15. The molecule has 2 nitrogen and oxygen atoms in total. The van der Waals surface area contributed by atoms with E-state index in [1.54, 1.807) is 0 Å². The second kappa shape index (κ2) is 4.28. The molecule has 0 saturated carbocycles. The van der Waals surface area contributed by atoms with Gasteiger partial charge in [0.25, 0.3) is 0 Å². The molecule has 1 aliphatic heterocycles. The summed E-state index contributed by atoms with van der Waals surface area (Å²) in [7, 11) is 0. The summed E-state index contributed by atoms with van der Waals surface area (Å²) in [6.45, 7) is 4.17. The first kappa shape index (κ1) is 9.29. The lowest BCUT2D eigenvalue weighted by molar-refractivity contribution is -0.129. The van der Waals surface area contributed by atoms with Crippen molar-refractivity contribution in [3.05, 3.63) is 0 Å². The summed E-state index contributed by atoms with van der Waals surface area (Å²) < 4.78 is 0.629. The maximum absolute atomic E-state index is 11.2. The van der Waals surface area contributed by atoms with E-state index in [0.717, 1.165) is 13.1 Å². The van der Waals surface area contributed by atoms with Gasteiger partial charge in [-0.2, -0.15) is 0 Å². The Kier molecular flexibility index (Phi) is 3.62. The van der Waals surface area contributed by atoms with E-state index in [9.17, 15) is 4.79 Å². The Morgan fingerprint density at radius 2 is 2.45 bits per heavy atom. The summed E-state index contributed by atoms with van der Waals surface area (Å²) in [6.07, 6.45) is 2.47. The minimum atomic E-state index is 0.303. The van der Waals surface area contributed by atoms with Crippen molar-refractivity contribution < 1.29 is 4.79 Å². The predicted octanol–water partition coefficient (Wildman–Crippen LogP) is 1.68. The number of carbonyl (C=O) groups excluding carboxylic acids is 1. The standard InChI is InChI=1S/C8H14INO/c1-7-3-2-4-10(6-7)8(11)5-9/h7H,2-6H2,1H3. The molecule has 1 aliphatic rings. The number of hydrogen-bond acceptors (Lipinski definition) is 1. The molecule has 0 aromatic carbocycles. The number of amides is 1. The fourth-order valence-electron chi connectivity index (χ4n) is 1.50. The molecule has 1 atom stereocenters. The molecule has 0 spiro atoms. The second-order valence-corrected chi connectivity index (χ2v) is 3.98. The van der Waals surface area contributed by atoms with E-state index in [1.807, 2.05) is 4.90 Å². The zero-order chi connectivity index (χ0) is 8.27. The molecule has 0 N–H and O–H groups in total. The number of nitrogens with zero attached hydrogens (tertiary/aromatic N) is 1. The molecule has 0 aromatic heterocycles. The molecule has 1 amide bonds. The Morgan fingerprint density at radius 3 is 3.00 bits per heavy atom. The van der Waals surface area contributed by atoms with Crippen molar-refractivity contribution in [3.8, 4) is 0 Å². The zero-order valence-electron chi connectivity index (χ0n) is 6.85. The van der Waals surface area contributed by atoms with Gasteiger partial charge in [-0.1, -0.05) is 29.5 Å². The molecule has 1 fully saturated rings. The van der Waals surface area contributed by atoms with E-state index in [-0.39, 0.29) is 0 Å². The number of rotatable bonds is 1. The molecule has 1 unspecified atom stereocenters. The molecule has 0 bridgehead atoms. The average Bonchev–Trinajstić information content (AvgIpc) is 2.03. The Balaban J connectivity index is 2.39. The van der Waals surface area contributed by atoms with Crippen molar-refractivity contribution in [1.82, 2.24) is 4.90 Å². The number of hydrogen-bond donors (Lipinski definition) is 0. The van der Waals surface area contributed by atoms with Crippen LogP contribution in [0, 0.1) is 5.92 Å². The van der Waals surface area contributed by atoms with E-state index in [1.165, 1.54) is 12.8 Å². The normalized spacial score (nSPS) is 25.3. The third-order valence-corrected chi connectivity index (χ3v) is 2.78. The number of piperidine rings is 1. The molecule has 0 aromatic rings. The van der Waals surface area contributed by atoms with Crippen LogP contribution in [0.5, 0.6) is 0 Å². The lowest BCUT2D eigenvalue weighted by atomic mass is 10.0. The monoisotopic (exact) mass is 267 g/mol. The summed E-state index contributed by atoms with van der Waals surface area (Å²) >= 11 is 2.13. The van der Waals surface area contributed by atoms with Gasteiger partial charge in [-0.25, -0.2) is 0 Å². The summed E-state index contributed by atoms with van der Waals surface area (Å²) in [5.74, 6) is 1.01. The minimum Gasteiger partial charge on any atom is -0.342 e. The number of likely N-dealkylation sites (tertiary alicyclic amines) is 1. The van der Waals surface area contributed by atoms with Crippen LogP contribution in [0.3, 0.4) is 0 Å². The third-order valence-electron chi connectivity index (χ3n) is 2.12. The van der Waals surface area contributed by atoms with Crippen LogP contribution in [-0.4, -0.2) is 28.3 Å². The molecule has 1 saturated heterocycles. The highest BCUT2D eigenvalue weighted by atomic mass is 127. The maximum Gasteiger partial charge on any atom is 0.232 e. The van der Waals surface area contributed by atoms with Crippen LogP contribution in [-0.2, 0) is 4.79 Å². The first-order valence-electron chi connectivity index (χ1n) is 4.07. The van der Waals surface area contributed by atoms with Crippen LogP contribution in [0.2, 0.25) is 0 Å². The molecule has 0 aliphatic carbocycles. The summed E-state index contributed by atoms with van der Waals surface area (Å²) in [4.78, 5) is 13.2. The van der Waals surface area contributed by atoms with Crippen LogP contribution in [0.1, 0.15) is 19.8 Å². The second-order valence-electron chi connectivity index (χ2n) is 3.22. The van der Waals surface area contributed by atoms with Gasteiger partial charge in [0.1, 0.15) is 0 Å². The van der Waals surface area contributed by atoms with Crippen LogP contribution in [0.25, 0.3) is 0 Å². The summed E-state index contributed by atoms with van der Waals surface area (Å²) in [6, 6.07) is 0. The summed E-state index contributed by atoms with van der Waals surface area (Å²) in [5, 5.41) is 0. The van der Waals surface area contributed by atoms with Gasteiger partial charge in [-0.15, -0.1) is 0 Å². The Morgan fingerprint density at radius 1 is 1.73 bits per heavy atom. The quantitative estimate of drug-likeness (QED) is 0.523. The van der Waals surface area contributed by atoms with Crippen LogP contribution in [0.15, 0.2) is 0 Å². The fraction of sp³-hybridized carbons (Fsp3) is 0.875. The number of carbonyl (C=O) groups is 1. The summed E-state index contributed by atoms with van der Waals surface area (Å²) in [5.41, 5.74) is 0. The van der Waals surface area contributed by atoms with Gasteiger partial charge in [0, 0.05) is 13.1 Å². The van der Waals surface area contributed by atoms with Gasteiger partial charge in [-0.05, 0) is 18.8 Å². The van der Waals surface area contributed by atoms with Gasteiger partial charge >= 0.3 is 0 Å². The van der Waals surface area contributed by atoms with E-state index in [2.05, 4.69) is 29.5 Å². The largest absolute Gasteiger partial charge is 0.342 e. The Hall–Kier alpha value is 0.200. The van der Waals surface area contributed by atoms with Crippen molar-refractivity contribution in [1.29, 1.82) is 0 Å². The van der Waals surface area contributed by atoms with Gasteiger partial charge in [0.05, 0.1) is 4.43 Å². The molecular formula is C8H14INO. The average molecular weight is 267 g/mol. The van der Waals surface area contributed by atoms with Gasteiger partial charge in [-0.3, -0.25) is 4.79 Å².